The maximum absolute atomic E-state index is 6.43. The molecule has 1 aromatic carbocycles. The highest BCUT2D eigenvalue weighted by atomic mass is 16.5. The van der Waals surface area contributed by atoms with Gasteiger partial charge in [-0.25, -0.2) is 0 Å². The van der Waals surface area contributed by atoms with Crippen LogP contribution in [0.15, 0.2) is 34.9 Å². The van der Waals surface area contributed by atoms with Crippen LogP contribution in [0.4, 0.5) is 0 Å². The van der Waals surface area contributed by atoms with Crippen molar-refractivity contribution in [3.8, 4) is 0 Å². The largest absolute Gasteiger partial charge is 0.339 e. The molecule has 1 fully saturated rings. The summed E-state index contributed by atoms with van der Waals surface area (Å²) in [5, 5.41) is 4.13. The van der Waals surface area contributed by atoms with E-state index in [2.05, 4.69) is 34.4 Å². The third-order valence-electron chi connectivity index (χ3n) is 4.36. The van der Waals surface area contributed by atoms with Crippen LogP contribution in [0, 0.1) is 0 Å². The van der Waals surface area contributed by atoms with Crippen molar-refractivity contribution in [3.63, 3.8) is 0 Å². The topological polar surface area (TPSA) is 64.9 Å². The van der Waals surface area contributed by atoms with Crippen molar-refractivity contribution in [1.82, 2.24) is 10.1 Å². The highest BCUT2D eigenvalue weighted by Crippen LogP contribution is 2.33. The summed E-state index contributed by atoms with van der Waals surface area (Å²) in [6, 6.07) is 10.5. The van der Waals surface area contributed by atoms with Gasteiger partial charge in [-0.1, -0.05) is 54.8 Å². The van der Waals surface area contributed by atoms with Crippen LogP contribution in [0.25, 0.3) is 0 Å². The summed E-state index contributed by atoms with van der Waals surface area (Å²) in [5.41, 5.74) is 7.41. The van der Waals surface area contributed by atoms with E-state index in [0.717, 1.165) is 50.8 Å². The van der Waals surface area contributed by atoms with Crippen molar-refractivity contribution in [2.45, 2.75) is 56.9 Å². The number of aryl methyl sites for hydroxylation is 2. The van der Waals surface area contributed by atoms with Gasteiger partial charge in [-0.05, 0) is 31.2 Å². The Kier molecular flexibility index (Phi) is 4.34. The lowest BCUT2D eigenvalue weighted by Crippen LogP contribution is -2.39. The Balaban J connectivity index is 1.55. The molecule has 1 aliphatic rings. The van der Waals surface area contributed by atoms with Gasteiger partial charge in [-0.15, -0.1) is 0 Å². The highest BCUT2D eigenvalue weighted by Gasteiger charge is 2.34. The minimum atomic E-state index is -0.362. The summed E-state index contributed by atoms with van der Waals surface area (Å²) in [6.45, 7) is 0. The van der Waals surface area contributed by atoms with E-state index in [1.54, 1.807) is 0 Å². The van der Waals surface area contributed by atoms with E-state index >= 15 is 0 Å². The quantitative estimate of drug-likeness (QED) is 0.914. The lowest BCUT2D eigenvalue weighted by atomic mass is 9.82. The molecule has 1 heterocycles. The maximum Gasteiger partial charge on any atom is 0.226 e. The lowest BCUT2D eigenvalue weighted by Gasteiger charge is -2.29. The Morgan fingerprint density at radius 1 is 1.05 bits per heavy atom. The number of nitrogens with zero attached hydrogens (tertiary/aromatic N) is 2. The molecule has 0 radical (unpaired) electrons. The number of hydrogen-bond donors (Lipinski definition) is 1. The average Bonchev–Trinajstić information content (AvgIpc) is 2.99. The minimum absolute atomic E-state index is 0.362. The van der Waals surface area contributed by atoms with E-state index in [1.165, 1.54) is 12.0 Å². The van der Waals surface area contributed by atoms with Gasteiger partial charge in [0.1, 0.15) is 0 Å². The second kappa shape index (κ2) is 6.39. The molecule has 0 bridgehead atoms. The van der Waals surface area contributed by atoms with Crippen molar-refractivity contribution in [2.75, 3.05) is 0 Å². The molecule has 0 saturated heterocycles. The number of benzene rings is 1. The molecule has 4 heteroatoms. The highest BCUT2D eigenvalue weighted by molar-refractivity contribution is 5.14. The fourth-order valence-corrected chi connectivity index (χ4v) is 3.05. The first kappa shape index (κ1) is 14.3. The zero-order valence-electron chi connectivity index (χ0n) is 12.4. The lowest BCUT2D eigenvalue weighted by molar-refractivity contribution is 0.273. The van der Waals surface area contributed by atoms with Crippen LogP contribution >= 0.6 is 0 Å². The van der Waals surface area contributed by atoms with Crippen molar-refractivity contribution in [1.29, 1.82) is 0 Å². The second-order valence-electron chi connectivity index (χ2n) is 6.07. The molecule has 0 spiro atoms. The van der Waals surface area contributed by atoms with Crippen LogP contribution in [-0.2, 0) is 18.4 Å². The van der Waals surface area contributed by atoms with Gasteiger partial charge in [0.15, 0.2) is 5.82 Å². The van der Waals surface area contributed by atoms with Crippen molar-refractivity contribution in [2.24, 2.45) is 5.73 Å². The van der Waals surface area contributed by atoms with Gasteiger partial charge in [0, 0.05) is 6.42 Å². The third-order valence-corrected chi connectivity index (χ3v) is 4.36. The van der Waals surface area contributed by atoms with Gasteiger partial charge in [-0.3, -0.25) is 0 Å². The van der Waals surface area contributed by atoms with Crippen LogP contribution in [0.3, 0.4) is 0 Å². The molecule has 0 atom stereocenters. The van der Waals surface area contributed by atoms with Crippen molar-refractivity contribution >= 4 is 0 Å². The zero-order valence-corrected chi connectivity index (χ0v) is 12.4. The summed E-state index contributed by atoms with van der Waals surface area (Å²) in [7, 11) is 0. The Morgan fingerprint density at radius 3 is 2.57 bits per heavy atom. The van der Waals surface area contributed by atoms with Crippen LogP contribution in [0.2, 0.25) is 0 Å². The Bertz CT molecular complexity index is 558. The van der Waals surface area contributed by atoms with Gasteiger partial charge in [0.2, 0.25) is 5.89 Å². The molecule has 2 aromatic rings. The first-order chi connectivity index (χ1) is 10.3. The molecular formula is C17H23N3O. The average molecular weight is 285 g/mol. The van der Waals surface area contributed by atoms with E-state index in [0.29, 0.717) is 5.82 Å². The Labute approximate surface area is 125 Å². The van der Waals surface area contributed by atoms with Crippen LogP contribution in [0.1, 0.15) is 55.8 Å². The third kappa shape index (κ3) is 3.50. The molecule has 1 aromatic heterocycles. The predicted molar refractivity (Wildman–Crippen MR) is 81.7 cm³/mol. The molecule has 1 aliphatic carbocycles. The molecular weight excluding hydrogens is 262 g/mol. The second-order valence-corrected chi connectivity index (χ2v) is 6.07. The van der Waals surface area contributed by atoms with Gasteiger partial charge in [0.25, 0.3) is 0 Å². The molecule has 2 N–H and O–H groups in total. The van der Waals surface area contributed by atoms with E-state index < -0.39 is 0 Å². The molecule has 0 unspecified atom stereocenters. The Morgan fingerprint density at radius 2 is 1.81 bits per heavy atom. The maximum atomic E-state index is 6.43. The SMILES string of the molecule is NC1(c2noc(CCCc3ccccc3)n2)CCCCC1. The molecule has 1 saturated carbocycles. The van der Waals surface area contributed by atoms with Gasteiger partial charge in [-0.2, -0.15) is 4.98 Å². The summed E-state index contributed by atoms with van der Waals surface area (Å²) in [4.78, 5) is 4.53. The predicted octanol–water partition coefficient (Wildman–Crippen LogP) is 3.36. The first-order valence-electron chi connectivity index (χ1n) is 7.92. The fourth-order valence-electron chi connectivity index (χ4n) is 3.05. The van der Waals surface area contributed by atoms with E-state index in [4.69, 9.17) is 10.3 Å². The zero-order chi connectivity index (χ0) is 14.5. The number of nitrogens with two attached hydrogens (primary N) is 1. The van der Waals surface area contributed by atoms with Crippen molar-refractivity contribution in [3.05, 3.63) is 47.6 Å². The van der Waals surface area contributed by atoms with Crippen LogP contribution < -0.4 is 5.73 Å². The molecule has 4 nitrogen and oxygen atoms in total. The van der Waals surface area contributed by atoms with Gasteiger partial charge in [0.05, 0.1) is 5.54 Å². The first-order valence-corrected chi connectivity index (χ1v) is 7.92. The normalized spacial score (nSPS) is 17.8. The van der Waals surface area contributed by atoms with Gasteiger partial charge < -0.3 is 10.3 Å². The smallest absolute Gasteiger partial charge is 0.226 e. The molecule has 3 rings (SSSR count). The number of aromatic nitrogens is 2. The minimum Gasteiger partial charge on any atom is -0.339 e. The number of hydrogen-bond acceptors (Lipinski definition) is 4. The summed E-state index contributed by atoms with van der Waals surface area (Å²) < 4.78 is 5.38. The standard InChI is InChI=1S/C17H23N3O/c18-17(12-5-2-6-13-17)16-19-15(21-20-16)11-7-10-14-8-3-1-4-9-14/h1,3-4,8-9H,2,5-7,10-13,18H2. The molecule has 0 aliphatic heterocycles. The number of rotatable bonds is 5. The van der Waals surface area contributed by atoms with Crippen molar-refractivity contribution < 1.29 is 4.52 Å². The van der Waals surface area contributed by atoms with E-state index in [9.17, 15) is 0 Å². The summed E-state index contributed by atoms with van der Waals surface area (Å²) in [6.07, 6.45) is 8.39. The summed E-state index contributed by atoms with van der Waals surface area (Å²) in [5.74, 6) is 1.42. The van der Waals surface area contributed by atoms with Crippen LogP contribution in [-0.4, -0.2) is 10.1 Å². The molecule has 21 heavy (non-hydrogen) atoms. The van der Waals surface area contributed by atoms with Gasteiger partial charge >= 0.3 is 0 Å². The Hall–Kier alpha value is -1.68. The monoisotopic (exact) mass is 285 g/mol. The fraction of sp³-hybridized carbons (Fsp3) is 0.529. The van der Waals surface area contributed by atoms with E-state index in [-0.39, 0.29) is 5.54 Å². The molecule has 0 amide bonds. The van der Waals surface area contributed by atoms with Crippen LogP contribution in [0.5, 0.6) is 0 Å². The summed E-state index contributed by atoms with van der Waals surface area (Å²) >= 11 is 0. The molecule has 112 valence electrons. The van der Waals surface area contributed by atoms with E-state index in [1.807, 2.05) is 6.07 Å².